The van der Waals surface area contributed by atoms with Crippen LogP contribution in [0.3, 0.4) is 0 Å². The van der Waals surface area contributed by atoms with E-state index in [1.54, 1.807) is 0 Å². The smallest absolute Gasteiger partial charge is 0.0324 e. The van der Waals surface area contributed by atoms with Crippen molar-refractivity contribution < 1.29 is 0 Å². The van der Waals surface area contributed by atoms with Crippen LogP contribution in [0.2, 0.25) is 0 Å². The van der Waals surface area contributed by atoms with E-state index in [-0.39, 0.29) is 5.54 Å². The lowest BCUT2D eigenvalue weighted by atomic mass is 9.79. The summed E-state index contributed by atoms with van der Waals surface area (Å²) in [4.78, 5) is 0. The molecule has 0 bridgehead atoms. The van der Waals surface area contributed by atoms with Crippen LogP contribution < -0.4 is 5.73 Å². The summed E-state index contributed by atoms with van der Waals surface area (Å²) in [6.07, 6.45) is 14.2. The molecule has 0 unspecified atom stereocenters. The second-order valence-electron chi connectivity index (χ2n) is 5.01. The van der Waals surface area contributed by atoms with Crippen LogP contribution in [0.1, 0.15) is 77.6 Å². The van der Waals surface area contributed by atoms with Gasteiger partial charge in [0.05, 0.1) is 0 Å². The Bertz CT molecular complexity index is 136. The third-order valence-electron chi connectivity index (χ3n) is 3.57. The molecule has 1 nitrogen and oxygen atoms in total. The lowest BCUT2D eigenvalue weighted by molar-refractivity contribution is 0.259. The summed E-state index contributed by atoms with van der Waals surface area (Å²) in [6.45, 7) is 2.26. The Morgan fingerprint density at radius 2 is 1.57 bits per heavy atom. The van der Waals surface area contributed by atoms with E-state index in [1.807, 2.05) is 0 Å². The maximum Gasteiger partial charge on any atom is 0.0324 e. The minimum atomic E-state index is -0.0233. The van der Waals surface area contributed by atoms with Crippen LogP contribution >= 0.6 is 0 Å². The summed E-state index contributed by atoms with van der Waals surface area (Å²) in [5, 5.41) is 0. The molecule has 1 N–H and O–H groups in total. The van der Waals surface area contributed by atoms with Crippen molar-refractivity contribution in [1.82, 2.24) is 5.73 Å². The number of hydrogen-bond donors (Lipinski definition) is 0. The van der Waals surface area contributed by atoms with E-state index in [9.17, 15) is 0 Å². The molecule has 1 rings (SSSR count). The van der Waals surface area contributed by atoms with Crippen molar-refractivity contribution >= 4 is 0 Å². The highest BCUT2D eigenvalue weighted by atomic mass is 14.7. The zero-order valence-corrected chi connectivity index (χ0v) is 9.78. The SMILES string of the molecule is CCCCCCCC1([NH])CCCCC1. The maximum absolute atomic E-state index is 8.30. The fourth-order valence-corrected chi connectivity index (χ4v) is 2.55. The van der Waals surface area contributed by atoms with Crippen molar-refractivity contribution in [3.05, 3.63) is 0 Å². The van der Waals surface area contributed by atoms with Crippen LogP contribution in [0.5, 0.6) is 0 Å². The van der Waals surface area contributed by atoms with Gasteiger partial charge in [-0.1, -0.05) is 58.3 Å². The topological polar surface area (TPSA) is 23.8 Å². The molecule has 0 aromatic carbocycles. The average Bonchev–Trinajstić information content (AvgIpc) is 2.18. The zero-order valence-electron chi connectivity index (χ0n) is 9.78. The monoisotopic (exact) mass is 196 g/mol. The Hall–Kier alpha value is -0.0400. The summed E-state index contributed by atoms with van der Waals surface area (Å²) in [6, 6.07) is 0. The fraction of sp³-hybridized carbons (Fsp3) is 1.00. The highest BCUT2D eigenvalue weighted by Gasteiger charge is 2.27. The summed E-state index contributed by atoms with van der Waals surface area (Å²) in [7, 11) is 0. The molecule has 14 heavy (non-hydrogen) atoms. The van der Waals surface area contributed by atoms with E-state index in [2.05, 4.69) is 6.92 Å². The third-order valence-corrected chi connectivity index (χ3v) is 3.57. The molecule has 0 amide bonds. The molecule has 0 aromatic heterocycles. The lowest BCUT2D eigenvalue weighted by Crippen LogP contribution is -2.33. The van der Waals surface area contributed by atoms with Crippen molar-refractivity contribution in [2.75, 3.05) is 0 Å². The first-order valence-electron chi connectivity index (χ1n) is 6.52. The molecule has 0 aromatic rings. The van der Waals surface area contributed by atoms with Gasteiger partial charge in [0.15, 0.2) is 0 Å². The molecule has 1 aliphatic carbocycles. The highest BCUT2D eigenvalue weighted by Crippen LogP contribution is 2.31. The first-order chi connectivity index (χ1) is 6.77. The van der Waals surface area contributed by atoms with Gasteiger partial charge in [0.25, 0.3) is 0 Å². The third kappa shape index (κ3) is 4.45. The molecule has 0 aliphatic heterocycles. The molecular formula is C13H26N. The van der Waals surface area contributed by atoms with Crippen molar-refractivity contribution in [2.24, 2.45) is 0 Å². The number of nitrogens with one attached hydrogen (secondary N) is 1. The van der Waals surface area contributed by atoms with E-state index < -0.39 is 0 Å². The summed E-state index contributed by atoms with van der Waals surface area (Å²) in [5.74, 6) is 0. The Morgan fingerprint density at radius 1 is 0.929 bits per heavy atom. The van der Waals surface area contributed by atoms with Gasteiger partial charge in [-0.25, -0.2) is 0 Å². The number of rotatable bonds is 6. The van der Waals surface area contributed by atoms with E-state index in [0.29, 0.717) is 0 Å². The molecule has 0 atom stereocenters. The van der Waals surface area contributed by atoms with Crippen LogP contribution in [0.15, 0.2) is 0 Å². The Balaban J connectivity index is 2.03. The van der Waals surface area contributed by atoms with Crippen LogP contribution in [-0.2, 0) is 0 Å². The normalized spacial score (nSPS) is 21.0. The quantitative estimate of drug-likeness (QED) is 0.565. The number of hydrogen-bond acceptors (Lipinski definition) is 0. The second-order valence-corrected chi connectivity index (χ2v) is 5.01. The molecule has 83 valence electrons. The number of unbranched alkanes of at least 4 members (excludes halogenated alkanes) is 4. The molecule has 0 spiro atoms. The van der Waals surface area contributed by atoms with Gasteiger partial charge in [-0.15, -0.1) is 0 Å². The lowest BCUT2D eigenvalue weighted by Gasteiger charge is -2.32. The van der Waals surface area contributed by atoms with Crippen LogP contribution in [-0.4, -0.2) is 5.54 Å². The second kappa shape index (κ2) is 6.44. The largest absolute Gasteiger partial charge is 0.251 e. The van der Waals surface area contributed by atoms with Gasteiger partial charge in [0, 0.05) is 5.54 Å². The van der Waals surface area contributed by atoms with Crippen LogP contribution in [0, 0.1) is 0 Å². The van der Waals surface area contributed by atoms with E-state index >= 15 is 0 Å². The summed E-state index contributed by atoms with van der Waals surface area (Å²) in [5.41, 5.74) is 8.28. The zero-order chi connectivity index (χ0) is 10.3. The molecule has 0 heterocycles. The van der Waals surface area contributed by atoms with Crippen LogP contribution in [0.25, 0.3) is 0 Å². The molecule has 0 saturated heterocycles. The molecule has 1 radical (unpaired) electrons. The van der Waals surface area contributed by atoms with Gasteiger partial charge in [-0.05, 0) is 19.3 Å². The first kappa shape index (κ1) is 12.0. The van der Waals surface area contributed by atoms with Gasteiger partial charge < -0.3 is 0 Å². The Labute approximate surface area is 89.5 Å². The van der Waals surface area contributed by atoms with Crippen LogP contribution in [0.4, 0.5) is 0 Å². The standard InChI is InChI=1S/C13H26N/c1-2-3-4-5-7-10-13(14)11-8-6-9-12-13/h14H,2-12H2,1H3. The van der Waals surface area contributed by atoms with Gasteiger partial charge >= 0.3 is 0 Å². The van der Waals surface area contributed by atoms with Gasteiger partial charge in [0.1, 0.15) is 0 Å². The Kier molecular flexibility index (Phi) is 5.54. The highest BCUT2D eigenvalue weighted by molar-refractivity contribution is 4.86. The van der Waals surface area contributed by atoms with Crippen molar-refractivity contribution in [3.63, 3.8) is 0 Å². The average molecular weight is 196 g/mol. The summed E-state index contributed by atoms with van der Waals surface area (Å²) >= 11 is 0. The van der Waals surface area contributed by atoms with E-state index in [0.717, 1.165) is 6.42 Å². The molecule has 1 aliphatic rings. The predicted molar refractivity (Wildman–Crippen MR) is 62.3 cm³/mol. The molecule has 1 heteroatoms. The van der Waals surface area contributed by atoms with E-state index in [1.165, 1.54) is 64.2 Å². The first-order valence-corrected chi connectivity index (χ1v) is 6.52. The van der Waals surface area contributed by atoms with Gasteiger partial charge in [0.2, 0.25) is 0 Å². The molecule has 1 saturated carbocycles. The summed E-state index contributed by atoms with van der Waals surface area (Å²) < 4.78 is 0. The maximum atomic E-state index is 8.30. The van der Waals surface area contributed by atoms with Gasteiger partial charge in [-0.3, -0.25) is 5.73 Å². The molecular weight excluding hydrogens is 170 g/mol. The minimum absolute atomic E-state index is 0.0233. The fourth-order valence-electron chi connectivity index (χ4n) is 2.55. The van der Waals surface area contributed by atoms with Gasteiger partial charge in [-0.2, -0.15) is 0 Å². The van der Waals surface area contributed by atoms with Crippen molar-refractivity contribution in [3.8, 4) is 0 Å². The van der Waals surface area contributed by atoms with E-state index in [4.69, 9.17) is 5.73 Å². The molecule has 1 fully saturated rings. The Morgan fingerprint density at radius 3 is 2.21 bits per heavy atom. The van der Waals surface area contributed by atoms with Crippen molar-refractivity contribution in [1.29, 1.82) is 0 Å². The predicted octanol–water partition coefficient (Wildman–Crippen LogP) is 4.33. The minimum Gasteiger partial charge on any atom is -0.251 e. The van der Waals surface area contributed by atoms with Crippen molar-refractivity contribution in [2.45, 2.75) is 83.1 Å².